The summed E-state index contributed by atoms with van der Waals surface area (Å²) in [5.74, 6) is 0.280. The van der Waals surface area contributed by atoms with Crippen LogP contribution in [0.15, 0.2) is 65.3 Å². The normalized spacial score (nSPS) is 10.2. The van der Waals surface area contributed by atoms with Gasteiger partial charge >= 0.3 is 0 Å². The van der Waals surface area contributed by atoms with Gasteiger partial charge in [0.2, 0.25) is 0 Å². The van der Waals surface area contributed by atoms with Crippen LogP contribution in [0, 0.1) is 0 Å². The molecule has 0 fully saturated rings. The molecule has 120 valence electrons. The highest BCUT2D eigenvalue weighted by molar-refractivity contribution is 9.10. The molecule has 7 heteroatoms. The quantitative estimate of drug-likeness (QED) is 0.704. The highest BCUT2D eigenvalue weighted by atomic mass is 79.9. The highest BCUT2D eigenvalue weighted by Crippen LogP contribution is 2.15. The van der Waals surface area contributed by atoms with Crippen molar-refractivity contribution in [3.05, 3.63) is 76.7 Å². The van der Waals surface area contributed by atoms with Crippen LogP contribution in [0.2, 0.25) is 0 Å². The number of benzene rings is 1. The van der Waals surface area contributed by atoms with Gasteiger partial charge in [0.15, 0.2) is 5.69 Å². The third-order valence-electron chi connectivity index (χ3n) is 3.18. The first-order valence-corrected chi connectivity index (χ1v) is 8.04. The second kappa shape index (κ2) is 7.65. The molecule has 3 rings (SSSR count). The monoisotopic (exact) mass is 383 g/mol. The molecule has 1 aromatic carbocycles. The maximum absolute atomic E-state index is 12.1. The first-order valence-electron chi connectivity index (χ1n) is 7.25. The fraction of sp³-hybridized carbons (Fsp3) is 0.0588. The molecule has 3 aromatic rings. The summed E-state index contributed by atoms with van der Waals surface area (Å²) in [6.45, 7) is 0.542. The molecule has 0 atom stereocenters. The molecular weight excluding hydrogens is 370 g/mol. The van der Waals surface area contributed by atoms with E-state index in [-0.39, 0.29) is 11.6 Å². The summed E-state index contributed by atoms with van der Waals surface area (Å²) in [6, 6.07) is 16.4. The molecule has 0 bridgehead atoms. The van der Waals surface area contributed by atoms with E-state index in [2.05, 4.69) is 41.7 Å². The molecule has 24 heavy (non-hydrogen) atoms. The number of carbonyl (C=O) groups excluding carboxylic acids is 1. The largest absolute Gasteiger partial charge is 0.363 e. The summed E-state index contributed by atoms with van der Waals surface area (Å²) in [7, 11) is 0. The lowest BCUT2D eigenvalue weighted by atomic mass is 10.3. The van der Waals surface area contributed by atoms with E-state index in [1.54, 1.807) is 30.5 Å². The summed E-state index contributed by atoms with van der Waals surface area (Å²) in [6.07, 6.45) is 1.73. The summed E-state index contributed by atoms with van der Waals surface area (Å²) in [5.41, 5.74) is 1.85. The minimum Gasteiger partial charge on any atom is -0.363 e. The highest BCUT2D eigenvalue weighted by Gasteiger charge is 2.08. The molecule has 2 heterocycles. The average Bonchev–Trinajstić information content (AvgIpc) is 2.63. The predicted molar refractivity (Wildman–Crippen MR) is 95.7 cm³/mol. The van der Waals surface area contributed by atoms with Gasteiger partial charge in [-0.15, -0.1) is 10.2 Å². The van der Waals surface area contributed by atoms with E-state index in [4.69, 9.17) is 0 Å². The number of nitrogens with one attached hydrogen (secondary N) is 2. The van der Waals surface area contributed by atoms with E-state index in [1.165, 1.54) is 0 Å². The molecule has 0 saturated heterocycles. The predicted octanol–water partition coefficient (Wildman–Crippen LogP) is 3.50. The Balaban J connectivity index is 1.59. The van der Waals surface area contributed by atoms with Gasteiger partial charge in [0.25, 0.3) is 5.91 Å². The molecule has 0 aliphatic heterocycles. The molecule has 2 aromatic heterocycles. The van der Waals surface area contributed by atoms with Crippen molar-refractivity contribution in [3.8, 4) is 0 Å². The summed E-state index contributed by atoms with van der Waals surface area (Å²) < 4.78 is 0.948. The van der Waals surface area contributed by atoms with Crippen molar-refractivity contribution in [3.63, 3.8) is 0 Å². The number of hydrogen-bond donors (Lipinski definition) is 2. The Labute approximate surface area is 147 Å². The van der Waals surface area contributed by atoms with Crippen LogP contribution < -0.4 is 10.6 Å². The third-order valence-corrected chi connectivity index (χ3v) is 3.70. The number of amides is 1. The molecule has 6 nitrogen and oxygen atoms in total. The first-order chi connectivity index (χ1) is 11.7. The number of aromatic nitrogens is 3. The van der Waals surface area contributed by atoms with Crippen LogP contribution in [0.3, 0.4) is 0 Å². The zero-order valence-corrected chi connectivity index (χ0v) is 14.2. The van der Waals surface area contributed by atoms with E-state index in [0.29, 0.717) is 18.1 Å². The Hall–Kier alpha value is -2.80. The molecule has 0 aliphatic rings. The van der Waals surface area contributed by atoms with Gasteiger partial charge in [-0.3, -0.25) is 9.78 Å². The van der Waals surface area contributed by atoms with Crippen LogP contribution >= 0.6 is 15.9 Å². The lowest BCUT2D eigenvalue weighted by Crippen LogP contribution is -2.15. The molecular formula is C17H14BrN5O. The summed E-state index contributed by atoms with van der Waals surface area (Å²) in [5, 5.41) is 13.8. The Morgan fingerprint density at radius 2 is 1.83 bits per heavy atom. The number of pyridine rings is 1. The van der Waals surface area contributed by atoms with E-state index in [9.17, 15) is 4.79 Å². The minimum atomic E-state index is -0.305. The van der Waals surface area contributed by atoms with Crippen LogP contribution in [0.1, 0.15) is 16.2 Å². The standard InChI is InChI=1S/C17H14BrN5O/c18-12-4-6-13(7-5-12)21-17(24)15-8-9-16(23-22-15)20-11-14-3-1-2-10-19-14/h1-10H,11H2,(H,20,23)(H,21,24). The molecule has 0 aliphatic carbocycles. The Morgan fingerprint density at radius 3 is 2.50 bits per heavy atom. The van der Waals surface area contributed by atoms with Crippen molar-refractivity contribution in [2.24, 2.45) is 0 Å². The van der Waals surface area contributed by atoms with Crippen LogP contribution in [0.5, 0.6) is 0 Å². The van der Waals surface area contributed by atoms with Crippen LogP contribution in [-0.4, -0.2) is 21.1 Å². The number of nitrogens with zero attached hydrogens (tertiary/aromatic N) is 3. The average molecular weight is 384 g/mol. The zero-order valence-electron chi connectivity index (χ0n) is 12.6. The summed E-state index contributed by atoms with van der Waals surface area (Å²) in [4.78, 5) is 16.3. The Morgan fingerprint density at radius 1 is 1.00 bits per heavy atom. The SMILES string of the molecule is O=C(Nc1ccc(Br)cc1)c1ccc(NCc2ccccn2)nn1. The van der Waals surface area contributed by atoms with Gasteiger partial charge in [-0.05, 0) is 48.5 Å². The van der Waals surface area contributed by atoms with Crippen molar-refractivity contribution >= 4 is 33.3 Å². The number of rotatable bonds is 5. The number of hydrogen-bond acceptors (Lipinski definition) is 5. The summed E-state index contributed by atoms with van der Waals surface area (Å²) >= 11 is 3.35. The van der Waals surface area contributed by atoms with Gasteiger partial charge in [0.05, 0.1) is 12.2 Å². The van der Waals surface area contributed by atoms with E-state index in [1.807, 2.05) is 30.3 Å². The van der Waals surface area contributed by atoms with Crippen molar-refractivity contribution < 1.29 is 4.79 Å². The lowest BCUT2D eigenvalue weighted by molar-refractivity contribution is 0.102. The second-order valence-corrected chi connectivity index (χ2v) is 5.86. The smallest absolute Gasteiger partial charge is 0.276 e. The molecule has 0 saturated carbocycles. The Kier molecular flexibility index (Phi) is 5.12. The topological polar surface area (TPSA) is 79.8 Å². The fourth-order valence-corrected chi connectivity index (χ4v) is 2.22. The molecule has 0 unspecified atom stereocenters. The van der Waals surface area contributed by atoms with Gasteiger partial charge < -0.3 is 10.6 Å². The fourth-order valence-electron chi connectivity index (χ4n) is 1.96. The van der Waals surface area contributed by atoms with Gasteiger partial charge in [-0.1, -0.05) is 22.0 Å². The van der Waals surface area contributed by atoms with Crippen molar-refractivity contribution in [2.45, 2.75) is 6.54 Å². The molecule has 1 amide bonds. The molecule has 2 N–H and O–H groups in total. The van der Waals surface area contributed by atoms with Crippen LogP contribution in [-0.2, 0) is 6.54 Å². The molecule has 0 radical (unpaired) electrons. The maximum atomic E-state index is 12.1. The molecule has 0 spiro atoms. The van der Waals surface area contributed by atoms with Gasteiger partial charge in [0, 0.05) is 16.4 Å². The van der Waals surface area contributed by atoms with Crippen molar-refractivity contribution in [2.75, 3.05) is 10.6 Å². The van der Waals surface area contributed by atoms with Crippen LogP contribution in [0.4, 0.5) is 11.5 Å². The van der Waals surface area contributed by atoms with E-state index >= 15 is 0 Å². The van der Waals surface area contributed by atoms with Crippen molar-refractivity contribution in [1.29, 1.82) is 0 Å². The van der Waals surface area contributed by atoms with Gasteiger partial charge in [-0.2, -0.15) is 0 Å². The second-order valence-electron chi connectivity index (χ2n) is 4.94. The maximum Gasteiger partial charge on any atom is 0.276 e. The van der Waals surface area contributed by atoms with Gasteiger partial charge in [-0.25, -0.2) is 0 Å². The van der Waals surface area contributed by atoms with E-state index in [0.717, 1.165) is 10.2 Å². The number of anilines is 2. The number of carbonyl (C=O) groups is 1. The van der Waals surface area contributed by atoms with Crippen molar-refractivity contribution in [1.82, 2.24) is 15.2 Å². The van der Waals surface area contributed by atoms with Gasteiger partial charge in [0.1, 0.15) is 5.82 Å². The van der Waals surface area contributed by atoms with E-state index < -0.39 is 0 Å². The van der Waals surface area contributed by atoms with Crippen LogP contribution in [0.25, 0.3) is 0 Å². The lowest BCUT2D eigenvalue weighted by Gasteiger charge is -2.06. The minimum absolute atomic E-state index is 0.251. The zero-order chi connectivity index (χ0) is 16.8. The number of halogens is 1. The third kappa shape index (κ3) is 4.36. The Bertz CT molecular complexity index is 807. The first kappa shape index (κ1) is 16.1.